The van der Waals surface area contributed by atoms with Gasteiger partial charge in [0, 0.05) is 24.1 Å². The molecule has 2 heterocycles. The summed E-state index contributed by atoms with van der Waals surface area (Å²) in [7, 11) is 1.42. The van der Waals surface area contributed by atoms with Crippen molar-refractivity contribution in [2.75, 3.05) is 12.0 Å². The number of carboxylic acid groups (broad SMARTS) is 1. The number of imidazole rings is 1. The highest BCUT2D eigenvalue weighted by molar-refractivity contribution is 5.95. The summed E-state index contributed by atoms with van der Waals surface area (Å²) in [5.74, 6) is 0.0487. The van der Waals surface area contributed by atoms with E-state index in [4.69, 9.17) is 9.72 Å². The zero-order chi connectivity index (χ0) is 23.8. The van der Waals surface area contributed by atoms with Gasteiger partial charge in [-0.2, -0.15) is 0 Å². The van der Waals surface area contributed by atoms with E-state index in [-0.39, 0.29) is 24.1 Å². The fourth-order valence-corrected chi connectivity index (χ4v) is 5.71. The van der Waals surface area contributed by atoms with Gasteiger partial charge in [-0.05, 0) is 63.1 Å². The topological polar surface area (TPSA) is 84.7 Å². The third kappa shape index (κ3) is 3.93. The first-order chi connectivity index (χ1) is 16.5. The van der Waals surface area contributed by atoms with Crippen molar-refractivity contribution >= 4 is 28.8 Å². The van der Waals surface area contributed by atoms with Gasteiger partial charge in [-0.25, -0.2) is 9.78 Å². The van der Waals surface area contributed by atoms with Crippen LogP contribution in [0.25, 0.3) is 11.0 Å². The van der Waals surface area contributed by atoms with Gasteiger partial charge in [-0.3, -0.25) is 9.69 Å². The fourth-order valence-electron chi connectivity index (χ4n) is 5.71. The van der Waals surface area contributed by atoms with E-state index >= 15 is 0 Å². The normalized spacial score (nSPS) is 22.4. The molecule has 34 heavy (non-hydrogen) atoms. The predicted molar refractivity (Wildman–Crippen MR) is 130 cm³/mol. The molecule has 1 N–H and O–H groups in total. The summed E-state index contributed by atoms with van der Waals surface area (Å²) in [5, 5.41) is 9.46. The molecule has 5 rings (SSSR count). The molecule has 1 amide bonds. The molecule has 1 aromatic heterocycles. The molecule has 178 valence electrons. The van der Waals surface area contributed by atoms with Crippen molar-refractivity contribution in [2.24, 2.45) is 5.92 Å². The van der Waals surface area contributed by atoms with Gasteiger partial charge >= 0.3 is 12.1 Å². The molecule has 3 aromatic rings. The molecule has 7 nitrogen and oxygen atoms in total. The zero-order valence-electron chi connectivity index (χ0n) is 19.7. The van der Waals surface area contributed by atoms with Gasteiger partial charge in [-0.1, -0.05) is 30.3 Å². The predicted octanol–water partition coefficient (Wildman–Crippen LogP) is 5.35. The average Bonchev–Trinajstić information content (AvgIpc) is 3.22. The first-order valence-corrected chi connectivity index (χ1v) is 12.1. The molecule has 7 heteroatoms. The molecular weight excluding hydrogens is 430 g/mol. The Morgan fingerprint density at radius 3 is 2.47 bits per heavy atom. The number of anilines is 1. The van der Waals surface area contributed by atoms with E-state index in [2.05, 4.69) is 22.8 Å². The van der Waals surface area contributed by atoms with E-state index < -0.39 is 5.97 Å². The van der Waals surface area contributed by atoms with Crippen LogP contribution in [0.3, 0.4) is 0 Å². The lowest BCUT2D eigenvalue weighted by atomic mass is 9.85. The smallest absolute Gasteiger partial charge is 0.414 e. The number of benzene rings is 2. The van der Waals surface area contributed by atoms with Crippen LogP contribution in [0.1, 0.15) is 62.0 Å². The Bertz CT molecular complexity index is 1210. The second-order valence-electron chi connectivity index (χ2n) is 9.56. The summed E-state index contributed by atoms with van der Waals surface area (Å²) in [5.41, 5.74) is 5.18. The van der Waals surface area contributed by atoms with Gasteiger partial charge in [0.05, 0.1) is 29.7 Å². The van der Waals surface area contributed by atoms with E-state index in [0.29, 0.717) is 19.3 Å². The van der Waals surface area contributed by atoms with Crippen molar-refractivity contribution in [1.82, 2.24) is 9.55 Å². The number of aliphatic carboxylic acids is 1. The van der Waals surface area contributed by atoms with Crippen LogP contribution in [0.5, 0.6) is 0 Å². The van der Waals surface area contributed by atoms with Crippen LogP contribution in [0.2, 0.25) is 0 Å². The number of fused-ring (bicyclic) bond motifs is 3. The lowest BCUT2D eigenvalue weighted by Gasteiger charge is -2.34. The highest BCUT2D eigenvalue weighted by Crippen LogP contribution is 2.40. The molecule has 2 aromatic carbocycles. The summed E-state index contributed by atoms with van der Waals surface area (Å²) in [6, 6.07) is 14.7. The Kier molecular flexibility index (Phi) is 6.02. The molecule has 0 bridgehead atoms. The standard InChI is InChI=1S/C27H31N3O4/c1-17-8-13-21-22(29(17)27(33)34-2)14-15-23-25(21)28-24(16-18-6-4-3-5-7-18)30(23)20-11-9-19(10-12-20)26(31)32/h3-7,14-15,17,19-20H,8-13,16H2,1-2H3,(H,31,32)/t17-,19?,20?/m0/s1. The van der Waals surface area contributed by atoms with Gasteiger partial charge in [-0.15, -0.1) is 0 Å². The molecular formula is C27H31N3O4. The van der Waals surface area contributed by atoms with Crippen LogP contribution in [-0.2, 0) is 22.4 Å². The lowest BCUT2D eigenvalue weighted by molar-refractivity contribution is -0.143. The number of ether oxygens (including phenoxy) is 1. The van der Waals surface area contributed by atoms with Gasteiger partial charge in [0.1, 0.15) is 5.82 Å². The highest BCUT2D eigenvalue weighted by Gasteiger charge is 2.33. The number of hydrogen-bond acceptors (Lipinski definition) is 4. The molecule has 1 atom stereocenters. The molecule has 0 unspecified atom stereocenters. The van der Waals surface area contributed by atoms with Crippen LogP contribution < -0.4 is 4.90 Å². The van der Waals surface area contributed by atoms with E-state index in [0.717, 1.165) is 53.8 Å². The monoisotopic (exact) mass is 461 g/mol. The van der Waals surface area contributed by atoms with Crippen LogP contribution in [0.4, 0.5) is 10.5 Å². The number of rotatable bonds is 4. The van der Waals surface area contributed by atoms with Crippen LogP contribution >= 0.6 is 0 Å². The Morgan fingerprint density at radius 2 is 1.79 bits per heavy atom. The number of methoxy groups -OCH3 is 1. The first-order valence-electron chi connectivity index (χ1n) is 12.1. The minimum absolute atomic E-state index is 0.0644. The second-order valence-corrected chi connectivity index (χ2v) is 9.56. The van der Waals surface area contributed by atoms with Gasteiger partial charge < -0.3 is 14.4 Å². The maximum atomic E-state index is 12.6. The van der Waals surface area contributed by atoms with Gasteiger partial charge in [0.15, 0.2) is 0 Å². The largest absolute Gasteiger partial charge is 0.481 e. The Hall–Kier alpha value is -3.35. The third-order valence-corrected chi connectivity index (χ3v) is 7.52. The second kappa shape index (κ2) is 9.12. The van der Waals surface area contributed by atoms with Crippen LogP contribution in [0.15, 0.2) is 42.5 Å². The van der Waals surface area contributed by atoms with E-state index in [1.165, 1.54) is 12.7 Å². The van der Waals surface area contributed by atoms with E-state index in [9.17, 15) is 14.7 Å². The molecule has 1 aliphatic carbocycles. The Balaban J connectivity index is 1.61. The number of carboxylic acids is 1. The summed E-state index contributed by atoms with van der Waals surface area (Å²) in [4.78, 5) is 31.0. The minimum Gasteiger partial charge on any atom is -0.481 e. The number of carbonyl (C=O) groups is 2. The van der Waals surface area contributed by atoms with Crippen molar-refractivity contribution in [1.29, 1.82) is 0 Å². The summed E-state index contributed by atoms with van der Waals surface area (Å²) in [6.45, 7) is 2.05. The van der Waals surface area contributed by atoms with Crippen molar-refractivity contribution in [3.05, 3.63) is 59.4 Å². The lowest BCUT2D eigenvalue weighted by Crippen LogP contribution is -2.42. The van der Waals surface area contributed by atoms with Crippen LogP contribution in [-0.4, -0.2) is 39.9 Å². The fraction of sp³-hybridized carbons (Fsp3) is 0.444. The molecule has 2 aliphatic rings. The zero-order valence-corrected chi connectivity index (χ0v) is 19.7. The summed E-state index contributed by atoms with van der Waals surface area (Å²) < 4.78 is 7.42. The number of aromatic nitrogens is 2. The number of hydrogen-bond donors (Lipinski definition) is 1. The SMILES string of the molecule is COC(=O)N1c2ccc3c(nc(Cc4ccccc4)n3C3CCC(C(=O)O)CC3)c2CC[C@@H]1C. The third-order valence-electron chi connectivity index (χ3n) is 7.52. The molecule has 1 aliphatic heterocycles. The van der Waals surface area contributed by atoms with Crippen molar-refractivity contribution in [3.8, 4) is 0 Å². The van der Waals surface area contributed by atoms with E-state index in [1.54, 1.807) is 4.90 Å². The number of carbonyl (C=O) groups excluding carboxylic acids is 1. The first kappa shape index (κ1) is 22.4. The summed E-state index contributed by atoms with van der Waals surface area (Å²) in [6.07, 6.45) is 5.09. The average molecular weight is 462 g/mol. The molecule has 1 fully saturated rings. The number of amides is 1. The van der Waals surface area contributed by atoms with Gasteiger partial charge in [0.2, 0.25) is 0 Å². The number of aryl methyl sites for hydroxylation is 1. The van der Waals surface area contributed by atoms with Crippen molar-refractivity contribution in [3.63, 3.8) is 0 Å². The van der Waals surface area contributed by atoms with Crippen molar-refractivity contribution in [2.45, 2.75) is 64.0 Å². The minimum atomic E-state index is -0.690. The Labute approximate surface area is 199 Å². The molecule has 0 saturated heterocycles. The maximum absolute atomic E-state index is 12.6. The molecule has 1 saturated carbocycles. The van der Waals surface area contributed by atoms with Crippen LogP contribution in [0, 0.1) is 5.92 Å². The Morgan fingerprint density at radius 1 is 1.06 bits per heavy atom. The maximum Gasteiger partial charge on any atom is 0.414 e. The highest BCUT2D eigenvalue weighted by atomic mass is 16.5. The quantitative estimate of drug-likeness (QED) is 0.566. The van der Waals surface area contributed by atoms with E-state index in [1.807, 2.05) is 31.2 Å². The molecule has 0 radical (unpaired) electrons. The summed E-state index contributed by atoms with van der Waals surface area (Å²) >= 11 is 0. The number of nitrogens with zero attached hydrogens (tertiary/aromatic N) is 3. The van der Waals surface area contributed by atoms with Gasteiger partial charge in [0.25, 0.3) is 0 Å². The van der Waals surface area contributed by atoms with Crippen molar-refractivity contribution < 1.29 is 19.4 Å². The molecule has 0 spiro atoms.